The Balaban J connectivity index is 2.91. The highest BCUT2D eigenvalue weighted by atomic mass is 16.5. The number of esters is 1. The third-order valence-electron chi connectivity index (χ3n) is 5.66. The van der Waals surface area contributed by atoms with E-state index in [4.69, 9.17) is 4.74 Å². The average molecular weight is 419 g/mol. The van der Waals surface area contributed by atoms with E-state index in [1.54, 1.807) is 19.1 Å². The van der Waals surface area contributed by atoms with Crippen molar-refractivity contribution in [3.8, 4) is 0 Å². The summed E-state index contributed by atoms with van der Waals surface area (Å²) < 4.78 is 5.12. The van der Waals surface area contributed by atoms with Gasteiger partial charge in [0.15, 0.2) is 0 Å². The number of aryl methyl sites for hydroxylation is 2. The van der Waals surface area contributed by atoms with Gasteiger partial charge in [-0.1, -0.05) is 78.1 Å². The summed E-state index contributed by atoms with van der Waals surface area (Å²) in [5.41, 5.74) is 2.47. The summed E-state index contributed by atoms with van der Waals surface area (Å²) in [5.74, 6) is -1.60. The van der Waals surface area contributed by atoms with Gasteiger partial charge in [0.05, 0.1) is 17.7 Å². The Morgan fingerprint density at radius 1 is 0.700 bits per heavy atom. The molecule has 170 valence electrons. The lowest BCUT2D eigenvalue weighted by molar-refractivity contribution is 0.0514. The van der Waals surface area contributed by atoms with Crippen LogP contribution in [-0.4, -0.2) is 23.7 Å². The van der Waals surface area contributed by atoms with Gasteiger partial charge < -0.3 is 9.84 Å². The van der Waals surface area contributed by atoms with Crippen LogP contribution in [0.25, 0.3) is 0 Å². The highest BCUT2D eigenvalue weighted by Gasteiger charge is 2.20. The fourth-order valence-corrected chi connectivity index (χ4v) is 3.90. The number of unbranched alkanes of at least 4 members (excludes halogenated alkanes) is 10. The molecule has 1 aromatic carbocycles. The van der Waals surface area contributed by atoms with Gasteiger partial charge in [-0.05, 0) is 55.9 Å². The van der Waals surface area contributed by atoms with E-state index in [-0.39, 0.29) is 17.7 Å². The number of hydrogen-bond donors (Lipinski definition) is 1. The molecule has 1 aromatic rings. The second-order valence-corrected chi connectivity index (χ2v) is 8.23. The predicted octanol–water partition coefficient (Wildman–Crippen LogP) is 7.37. The Labute approximate surface area is 183 Å². The molecule has 0 heterocycles. The lowest BCUT2D eigenvalue weighted by Crippen LogP contribution is -2.14. The number of carbonyl (C=O) groups excluding carboxylic acids is 1. The van der Waals surface area contributed by atoms with E-state index in [9.17, 15) is 14.7 Å². The van der Waals surface area contributed by atoms with Crippen molar-refractivity contribution < 1.29 is 19.4 Å². The van der Waals surface area contributed by atoms with E-state index in [2.05, 4.69) is 13.8 Å². The zero-order chi connectivity index (χ0) is 22.2. The third kappa shape index (κ3) is 9.77. The Morgan fingerprint density at radius 3 is 1.57 bits per heavy atom. The molecular weight excluding hydrogens is 376 g/mol. The normalized spacial score (nSPS) is 10.9. The van der Waals surface area contributed by atoms with Crippen LogP contribution in [0.15, 0.2) is 12.1 Å². The van der Waals surface area contributed by atoms with Crippen molar-refractivity contribution in [3.63, 3.8) is 0 Å². The van der Waals surface area contributed by atoms with Crippen LogP contribution in [0.3, 0.4) is 0 Å². The Bertz CT molecular complexity index is 636. The summed E-state index contributed by atoms with van der Waals surface area (Å²) >= 11 is 0. The molecule has 0 aliphatic carbocycles. The standard InChI is InChI=1S/C26H42O4/c1-4-7-9-11-13-15-17-21-19-23(25(27)28)24(26(29)30-6-3)20-22(21)18-16-14-12-10-8-5-2/h19-20H,4-18H2,1-3H3,(H,27,28). The summed E-state index contributed by atoms with van der Waals surface area (Å²) in [6.07, 6.45) is 16.3. The van der Waals surface area contributed by atoms with Crippen molar-refractivity contribution in [2.45, 2.75) is 111 Å². The lowest BCUT2D eigenvalue weighted by atomic mass is 9.91. The first-order valence-electron chi connectivity index (χ1n) is 12.1. The van der Waals surface area contributed by atoms with Gasteiger partial charge in [0.1, 0.15) is 0 Å². The van der Waals surface area contributed by atoms with Gasteiger partial charge in [0.25, 0.3) is 0 Å². The topological polar surface area (TPSA) is 63.6 Å². The van der Waals surface area contributed by atoms with Crippen LogP contribution in [0.5, 0.6) is 0 Å². The van der Waals surface area contributed by atoms with Crippen molar-refractivity contribution in [2.75, 3.05) is 6.61 Å². The molecule has 0 saturated carbocycles. The van der Waals surface area contributed by atoms with Crippen LogP contribution < -0.4 is 0 Å². The molecule has 1 N–H and O–H groups in total. The molecule has 0 aliphatic heterocycles. The molecule has 0 spiro atoms. The number of rotatable bonds is 17. The quantitative estimate of drug-likeness (QED) is 0.212. The van der Waals surface area contributed by atoms with E-state index >= 15 is 0 Å². The van der Waals surface area contributed by atoms with Gasteiger partial charge >= 0.3 is 11.9 Å². The second-order valence-electron chi connectivity index (χ2n) is 8.23. The van der Waals surface area contributed by atoms with Gasteiger partial charge in [0.2, 0.25) is 0 Å². The van der Waals surface area contributed by atoms with Crippen LogP contribution in [-0.2, 0) is 17.6 Å². The molecule has 4 heteroatoms. The van der Waals surface area contributed by atoms with Crippen molar-refractivity contribution in [1.82, 2.24) is 0 Å². The van der Waals surface area contributed by atoms with E-state index in [1.807, 2.05) is 0 Å². The van der Waals surface area contributed by atoms with E-state index in [1.165, 1.54) is 64.2 Å². The summed E-state index contributed by atoms with van der Waals surface area (Å²) in [6, 6.07) is 3.52. The Kier molecular flexibility index (Phi) is 13.9. The highest BCUT2D eigenvalue weighted by Crippen LogP contribution is 2.23. The summed E-state index contributed by atoms with van der Waals surface area (Å²) in [5, 5.41) is 9.66. The van der Waals surface area contributed by atoms with Gasteiger partial charge in [-0.3, -0.25) is 0 Å². The number of carbonyl (C=O) groups is 2. The van der Waals surface area contributed by atoms with Gasteiger partial charge in [-0.2, -0.15) is 0 Å². The maximum atomic E-state index is 12.4. The van der Waals surface area contributed by atoms with E-state index in [0.717, 1.165) is 36.8 Å². The zero-order valence-corrected chi connectivity index (χ0v) is 19.4. The molecule has 30 heavy (non-hydrogen) atoms. The van der Waals surface area contributed by atoms with E-state index in [0.29, 0.717) is 0 Å². The van der Waals surface area contributed by atoms with Gasteiger partial charge in [-0.15, -0.1) is 0 Å². The van der Waals surface area contributed by atoms with Crippen molar-refractivity contribution in [3.05, 3.63) is 34.4 Å². The molecule has 0 aromatic heterocycles. The fourth-order valence-electron chi connectivity index (χ4n) is 3.90. The minimum Gasteiger partial charge on any atom is -0.478 e. The first kappa shape index (κ1) is 26.2. The number of aromatic carboxylic acids is 1. The van der Waals surface area contributed by atoms with Gasteiger partial charge in [0, 0.05) is 0 Å². The highest BCUT2D eigenvalue weighted by molar-refractivity contribution is 6.02. The van der Waals surface area contributed by atoms with Crippen molar-refractivity contribution in [1.29, 1.82) is 0 Å². The second kappa shape index (κ2) is 15.9. The minimum atomic E-state index is -1.06. The predicted molar refractivity (Wildman–Crippen MR) is 124 cm³/mol. The molecule has 0 saturated heterocycles. The Morgan fingerprint density at radius 2 is 1.13 bits per heavy atom. The average Bonchev–Trinajstić information content (AvgIpc) is 2.73. The van der Waals surface area contributed by atoms with Crippen LogP contribution in [0, 0.1) is 0 Å². The van der Waals surface area contributed by atoms with Crippen molar-refractivity contribution >= 4 is 11.9 Å². The van der Waals surface area contributed by atoms with Gasteiger partial charge in [-0.25, -0.2) is 9.59 Å². The maximum Gasteiger partial charge on any atom is 0.339 e. The lowest BCUT2D eigenvalue weighted by Gasteiger charge is -2.15. The maximum absolute atomic E-state index is 12.4. The molecule has 0 aliphatic rings. The summed E-state index contributed by atoms with van der Waals surface area (Å²) in [7, 11) is 0. The number of carboxylic acid groups (broad SMARTS) is 1. The monoisotopic (exact) mass is 418 g/mol. The molecule has 0 radical (unpaired) electrons. The number of hydrogen-bond acceptors (Lipinski definition) is 3. The first-order chi connectivity index (χ1) is 14.5. The number of carboxylic acids is 1. The van der Waals surface area contributed by atoms with Crippen LogP contribution in [0.2, 0.25) is 0 Å². The SMILES string of the molecule is CCCCCCCCc1cc(C(=O)O)c(C(=O)OCC)cc1CCCCCCCC. The molecule has 0 amide bonds. The fraction of sp³-hybridized carbons (Fsp3) is 0.692. The molecule has 0 atom stereocenters. The Hall–Kier alpha value is -1.84. The molecular formula is C26H42O4. The molecule has 0 fully saturated rings. The number of ether oxygens (including phenoxy) is 1. The van der Waals surface area contributed by atoms with Crippen molar-refractivity contribution in [2.24, 2.45) is 0 Å². The third-order valence-corrected chi connectivity index (χ3v) is 5.66. The zero-order valence-electron chi connectivity index (χ0n) is 19.4. The molecule has 0 unspecified atom stereocenters. The largest absolute Gasteiger partial charge is 0.478 e. The van der Waals surface area contributed by atoms with Crippen LogP contribution >= 0.6 is 0 Å². The number of benzene rings is 1. The summed E-state index contributed by atoms with van der Waals surface area (Å²) in [6.45, 7) is 6.41. The van der Waals surface area contributed by atoms with Crippen LogP contribution in [0.4, 0.5) is 0 Å². The smallest absolute Gasteiger partial charge is 0.339 e. The van der Waals surface area contributed by atoms with E-state index < -0.39 is 11.9 Å². The minimum absolute atomic E-state index is 0.0705. The summed E-state index contributed by atoms with van der Waals surface area (Å²) in [4.78, 5) is 24.2. The molecule has 0 bridgehead atoms. The molecule has 4 nitrogen and oxygen atoms in total. The first-order valence-corrected chi connectivity index (χ1v) is 12.1. The molecule has 1 rings (SSSR count). The van der Waals surface area contributed by atoms with Crippen LogP contribution in [0.1, 0.15) is 130 Å².